The molecule has 0 bridgehead atoms. The molecule has 2 N–H and O–H groups in total. The Morgan fingerprint density at radius 3 is 2.67 bits per heavy atom. The number of nitrogens with zero attached hydrogens (tertiary/aromatic N) is 2. The number of benzene rings is 1. The monoisotopic (exact) mass is 329 g/mol. The number of hydrogen-bond donors (Lipinski definition) is 2. The molecule has 0 aliphatic heterocycles. The summed E-state index contributed by atoms with van der Waals surface area (Å²) in [6.07, 6.45) is 3.34. The van der Waals surface area contributed by atoms with Crippen molar-refractivity contribution in [1.29, 1.82) is 0 Å². The van der Waals surface area contributed by atoms with Crippen molar-refractivity contribution in [2.24, 2.45) is 5.92 Å². The van der Waals surface area contributed by atoms with Crippen molar-refractivity contribution in [2.45, 2.75) is 25.3 Å². The van der Waals surface area contributed by atoms with Crippen LogP contribution in [0.5, 0.6) is 5.75 Å². The van der Waals surface area contributed by atoms with Gasteiger partial charge in [-0.3, -0.25) is 9.59 Å². The van der Waals surface area contributed by atoms with Gasteiger partial charge in [0.15, 0.2) is 11.4 Å². The standard InChI is InChI=1S/C17H19N3O4/c1-24-14-10-20(13-5-3-2-4-6-13)19-15(14)16(21)18-12-8-7-11(9-12)17(22)23/h2-6,10-12H,7-9H2,1H3,(H,18,21)(H,22,23)/t11-,12+/m0/s1. The molecule has 1 heterocycles. The largest absolute Gasteiger partial charge is 0.493 e. The van der Waals surface area contributed by atoms with Crippen LogP contribution in [0, 0.1) is 5.92 Å². The van der Waals surface area contributed by atoms with E-state index in [4.69, 9.17) is 9.84 Å². The predicted octanol–water partition coefficient (Wildman–Crippen LogP) is 1.86. The van der Waals surface area contributed by atoms with Crippen LogP contribution in [0.25, 0.3) is 5.69 Å². The van der Waals surface area contributed by atoms with Crippen molar-refractivity contribution in [2.75, 3.05) is 7.11 Å². The number of carboxylic acids is 1. The number of methoxy groups -OCH3 is 1. The molecule has 7 heteroatoms. The Morgan fingerprint density at radius 2 is 2.04 bits per heavy atom. The predicted molar refractivity (Wildman–Crippen MR) is 86.3 cm³/mol. The number of rotatable bonds is 5. The minimum Gasteiger partial charge on any atom is -0.493 e. The number of aliphatic carboxylic acids is 1. The number of hydrogen-bond acceptors (Lipinski definition) is 4. The Bertz CT molecular complexity index is 742. The van der Waals surface area contributed by atoms with Crippen LogP contribution >= 0.6 is 0 Å². The highest BCUT2D eigenvalue weighted by Crippen LogP contribution is 2.26. The quantitative estimate of drug-likeness (QED) is 0.873. The van der Waals surface area contributed by atoms with Crippen molar-refractivity contribution >= 4 is 11.9 Å². The number of carbonyl (C=O) groups excluding carboxylic acids is 1. The molecular formula is C17H19N3O4. The van der Waals surface area contributed by atoms with Crippen molar-refractivity contribution < 1.29 is 19.4 Å². The average Bonchev–Trinajstić information content (AvgIpc) is 3.22. The maximum absolute atomic E-state index is 12.5. The molecule has 0 unspecified atom stereocenters. The Balaban J connectivity index is 1.75. The van der Waals surface area contributed by atoms with Gasteiger partial charge < -0.3 is 15.2 Å². The van der Waals surface area contributed by atoms with E-state index in [1.54, 1.807) is 10.9 Å². The molecular weight excluding hydrogens is 310 g/mol. The fraction of sp³-hybridized carbons (Fsp3) is 0.353. The first kappa shape index (κ1) is 16.0. The van der Waals surface area contributed by atoms with E-state index in [2.05, 4.69) is 10.4 Å². The van der Waals surface area contributed by atoms with Crippen molar-refractivity contribution in [3.63, 3.8) is 0 Å². The lowest BCUT2D eigenvalue weighted by atomic mass is 10.1. The second-order valence-electron chi connectivity index (χ2n) is 5.84. The summed E-state index contributed by atoms with van der Waals surface area (Å²) in [5.41, 5.74) is 1.02. The van der Waals surface area contributed by atoms with E-state index in [1.807, 2.05) is 30.3 Å². The van der Waals surface area contributed by atoms with Gasteiger partial charge in [0.2, 0.25) is 0 Å². The lowest BCUT2D eigenvalue weighted by Gasteiger charge is -2.11. The van der Waals surface area contributed by atoms with Gasteiger partial charge >= 0.3 is 5.97 Å². The van der Waals surface area contributed by atoms with Gasteiger partial charge in [0.1, 0.15) is 0 Å². The highest BCUT2D eigenvalue weighted by atomic mass is 16.5. The molecule has 1 aliphatic carbocycles. The molecule has 1 aliphatic rings. The first-order chi connectivity index (χ1) is 11.6. The van der Waals surface area contributed by atoms with E-state index < -0.39 is 5.97 Å². The molecule has 1 fully saturated rings. The minimum atomic E-state index is -0.808. The molecule has 1 aromatic carbocycles. The van der Waals surface area contributed by atoms with Crippen LogP contribution in [0.2, 0.25) is 0 Å². The molecule has 24 heavy (non-hydrogen) atoms. The number of ether oxygens (including phenoxy) is 1. The third-order valence-corrected chi connectivity index (χ3v) is 4.25. The van der Waals surface area contributed by atoms with Crippen LogP contribution in [0.1, 0.15) is 29.8 Å². The molecule has 0 spiro atoms. The Labute approximate surface area is 139 Å². The van der Waals surface area contributed by atoms with Crippen LogP contribution in [0.3, 0.4) is 0 Å². The van der Waals surface area contributed by atoms with Crippen LogP contribution in [-0.2, 0) is 4.79 Å². The number of carboxylic acid groups (broad SMARTS) is 1. The van der Waals surface area contributed by atoms with Crippen LogP contribution in [0.4, 0.5) is 0 Å². The SMILES string of the molecule is COc1cn(-c2ccccc2)nc1C(=O)N[C@@H]1CC[C@H](C(=O)O)C1. The van der Waals surface area contributed by atoms with Gasteiger partial charge in [0.05, 0.1) is 24.9 Å². The van der Waals surface area contributed by atoms with E-state index in [0.717, 1.165) is 5.69 Å². The fourth-order valence-corrected chi connectivity index (χ4v) is 2.97. The highest BCUT2D eigenvalue weighted by molar-refractivity contribution is 5.95. The highest BCUT2D eigenvalue weighted by Gasteiger charge is 2.31. The maximum atomic E-state index is 12.5. The van der Waals surface area contributed by atoms with E-state index in [9.17, 15) is 9.59 Å². The third kappa shape index (κ3) is 3.24. The number of amides is 1. The fourth-order valence-electron chi connectivity index (χ4n) is 2.97. The molecule has 0 saturated heterocycles. The summed E-state index contributed by atoms with van der Waals surface area (Å²) in [6, 6.07) is 9.27. The van der Waals surface area contributed by atoms with E-state index in [0.29, 0.717) is 25.0 Å². The molecule has 7 nitrogen and oxygen atoms in total. The normalized spacial score (nSPS) is 19.9. The molecule has 126 valence electrons. The summed E-state index contributed by atoms with van der Waals surface area (Å²) in [6.45, 7) is 0. The van der Waals surface area contributed by atoms with Crippen LogP contribution in [-0.4, -0.2) is 39.9 Å². The Hall–Kier alpha value is -2.83. The smallest absolute Gasteiger partial charge is 0.306 e. The first-order valence-electron chi connectivity index (χ1n) is 7.81. The summed E-state index contributed by atoms with van der Waals surface area (Å²) in [5, 5.41) is 16.2. The van der Waals surface area contributed by atoms with Crippen LogP contribution < -0.4 is 10.1 Å². The van der Waals surface area contributed by atoms with Crippen molar-refractivity contribution in [3.8, 4) is 11.4 Å². The van der Waals surface area contributed by atoms with Gasteiger partial charge in [-0.05, 0) is 31.4 Å². The summed E-state index contributed by atoms with van der Waals surface area (Å²) >= 11 is 0. The van der Waals surface area contributed by atoms with E-state index >= 15 is 0 Å². The lowest BCUT2D eigenvalue weighted by molar-refractivity contribution is -0.141. The maximum Gasteiger partial charge on any atom is 0.306 e. The zero-order valence-corrected chi connectivity index (χ0v) is 13.3. The van der Waals surface area contributed by atoms with Crippen LogP contribution in [0.15, 0.2) is 36.5 Å². The van der Waals surface area contributed by atoms with Crippen molar-refractivity contribution in [3.05, 3.63) is 42.2 Å². The Morgan fingerprint density at radius 1 is 1.29 bits per heavy atom. The summed E-state index contributed by atoms with van der Waals surface area (Å²) in [4.78, 5) is 23.5. The van der Waals surface area contributed by atoms with E-state index in [1.165, 1.54) is 7.11 Å². The van der Waals surface area contributed by atoms with Gasteiger partial charge in [-0.15, -0.1) is 0 Å². The molecule has 1 saturated carbocycles. The summed E-state index contributed by atoms with van der Waals surface area (Å²) in [7, 11) is 1.49. The molecule has 3 rings (SSSR count). The number of nitrogens with one attached hydrogen (secondary N) is 1. The summed E-state index contributed by atoms with van der Waals surface area (Å²) < 4.78 is 6.84. The minimum absolute atomic E-state index is 0.148. The van der Waals surface area contributed by atoms with Gasteiger partial charge in [-0.1, -0.05) is 18.2 Å². The van der Waals surface area contributed by atoms with Gasteiger partial charge in [0, 0.05) is 6.04 Å². The second kappa shape index (κ2) is 6.74. The number of carbonyl (C=O) groups is 2. The van der Waals surface area contributed by atoms with Gasteiger partial charge in [-0.2, -0.15) is 5.10 Å². The zero-order chi connectivity index (χ0) is 17.1. The summed E-state index contributed by atoms with van der Waals surface area (Å²) in [5.74, 6) is -1.17. The number of aromatic nitrogens is 2. The first-order valence-corrected chi connectivity index (χ1v) is 7.81. The van der Waals surface area contributed by atoms with E-state index in [-0.39, 0.29) is 23.6 Å². The number of para-hydroxylation sites is 1. The lowest BCUT2D eigenvalue weighted by Crippen LogP contribution is -2.33. The topological polar surface area (TPSA) is 93.5 Å². The van der Waals surface area contributed by atoms with Gasteiger partial charge in [-0.25, -0.2) is 4.68 Å². The third-order valence-electron chi connectivity index (χ3n) is 4.25. The second-order valence-corrected chi connectivity index (χ2v) is 5.84. The average molecular weight is 329 g/mol. The molecule has 1 aromatic heterocycles. The van der Waals surface area contributed by atoms with Crippen molar-refractivity contribution in [1.82, 2.24) is 15.1 Å². The molecule has 2 atom stereocenters. The zero-order valence-electron chi connectivity index (χ0n) is 13.3. The Kier molecular flexibility index (Phi) is 4.50. The van der Waals surface area contributed by atoms with Gasteiger partial charge in [0.25, 0.3) is 5.91 Å². The molecule has 0 radical (unpaired) electrons. The molecule has 1 amide bonds. The molecule has 2 aromatic rings.